The van der Waals surface area contributed by atoms with Crippen molar-refractivity contribution < 1.29 is 19.2 Å². The molecule has 2 heterocycles. The summed E-state index contributed by atoms with van der Waals surface area (Å²) in [5.41, 5.74) is -0.0320. The molecule has 1 atom stereocenters. The zero-order chi connectivity index (χ0) is 20.3. The normalized spacial score (nSPS) is 19.3. The van der Waals surface area contributed by atoms with Gasteiger partial charge in [-0.1, -0.05) is 44.2 Å². The molecule has 3 N–H and O–H groups in total. The highest BCUT2D eigenvalue weighted by molar-refractivity contribution is 6.07. The van der Waals surface area contributed by atoms with Crippen LogP contribution < -0.4 is 16.0 Å². The summed E-state index contributed by atoms with van der Waals surface area (Å²) in [4.78, 5) is 50.6. The van der Waals surface area contributed by atoms with E-state index >= 15 is 0 Å². The number of amides is 5. The molecule has 1 spiro atoms. The molecule has 2 saturated heterocycles. The maximum Gasteiger partial charge on any atom is 0.322 e. The number of rotatable bonds is 5. The number of hydrogen-bond acceptors (Lipinski definition) is 4. The topological polar surface area (TPSA) is 108 Å². The standard InChI is InChI=1S/C20H26N4O4/c1-13(2)16(21-15(25)12-14-6-4-3-5-7-14)17(26)24-10-8-20(9-11-24)18(27)22-19(28)23-20/h3-7,13,16H,8-12H2,1-2H3,(H,21,25)(H2,22,23,27,28). The van der Waals surface area contributed by atoms with Crippen LogP contribution in [0.1, 0.15) is 32.3 Å². The molecule has 0 saturated carbocycles. The van der Waals surface area contributed by atoms with E-state index in [2.05, 4.69) is 16.0 Å². The third-order valence-corrected chi connectivity index (χ3v) is 5.40. The van der Waals surface area contributed by atoms with Crippen molar-refractivity contribution in [3.8, 4) is 0 Å². The molecule has 8 heteroatoms. The minimum absolute atomic E-state index is 0.0717. The Morgan fingerprint density at radius 2 is 1.79 bits per heavy atom. The molecule has 150 valence electrons. The van der Waals surface area contributed by atoms with Crippen molar-refractivity contribution in [1.29, 1.82) is 0 Å². The summed E-state index contributed by atoms with van der Waals surface area (Å²) in [5.74, 6) is -0.760. The highest BCUT2D eigenvalue weighted by Crippen LogP contribution is 2.26. The van der Waals surface area contributed by atoms with Crippen LogP contribution in [0.25, 0.3) is 0 Å². The van der Waals surface area contributed by atoms with Crippen LogP contribution in [0, 0.1) is 5.92 Å². The highest BCUT2D eigenvalue weighted by atomic mass is 16.2. The Morgan fingerprint density at radius 1 is 1.14 bits per heavy atom. The van der Waals surface area contributed by atoms with E-state index in [9.17, 15) is 19.2 Å². The number of carbonyl (C=O) groups is 4. The van der Waals surface area contributed by atoms with Crippen molar-refractivity contribution in [3.63, 3.8) is 0 Å². The summed E-state index contributed by atoms with van der Waals surface area (Å²) >= 11 is 0. The van der Waals surface area contributed by atoms with Crippen LogP contribution in [0.5, 0.6) is 0 Å². The second-order valence-electron chi connectivity index (χ2n) is 7.77. The van der Waals surface area contributed by atoms with E-state index in [1.807, 2.05) is 44.2 Å². The Kier molecular flexibility index (Phi) is 5.67. The summed E-state index contributed by atoms with van der Waals surface area (Å²) in [6.45, 7) is 4.48. The van der Waals surface area contributed by atoms with Gasteiger partial charge in [0.05, 0.1) is 6.42 Å². The molecule has 2 aliphatic rings. The second-order valence-corrected chi connectivity index (χ2v) is 7.77. The lowest BCUT2D eigenvalue weighted by Gasteiger charge is -2.39. The van der Waals surface area contributed by atoms with E-state index in [0.717, 1.165) is 5.56 Å². The molecule has 28 heavy (non-hydrogen) atoms. The van der Waals surface area contributed by atoms with Gasteiger partial charge in [0.25, 0.3) is 5.91 Å². The van der Waals surface area contributed by atoms with Crippen LogP contribution in [0.15, 0.2) is 30.3 Å². The maximum atomic E-state index is 13.0. The molecule has 8 nitrogen and oxygen atoms in total. The van der Waals surface area contributed by atoms with Crippen LogP contribution in [-0.4, -0.2) is 53.3 Å². The lowest BCUT2D eigenvalue weighted by atomic mass is 9.87. The summed E-state index contributed by atoms with van der Waals surface area (Å²) in [6, 6.07) is 8.26. The summed E-state index contributed by atoms with van der Waals surface area (Å²) in [7, 11) is 0. The quantitative estimate of drug-likeness (QED) is 0.643. The lowest BCUT2D eigenvalue weighted by molar-refractivity contribution is -0.140. The molecule has 1 unspecified atom stereocenters. The molecule has 0 radical (unpaired) electrons. The van der Waals surface area contributed by atoms with E-state index in [0.29, 0.717) is 25.9 Å². The smallest absolute Gasteiger partial charge is 0.322 e. The maximum absolute atomic E-state index is 13.0. The average molecular weight is 386 g/mol. The Labute approximate surface area is 164 Å². The monoisotopic (exact) mass is 386 g/mol. The van der Waals surface area contributed by atoms with Crippen molar-refractivity contribution in [2.24, 2.45) is 5.92 Å². The Morgan fingerprint density at radius 3 is 2.32 bits per heavy atom. The second kappa shape index (κ2) is 8.00. The zero-order valence-electron chi connectivity index (χ0n) is 16.2. The molecule has 5 amide bonds. The summed E-state index contributed by atoms with van der Waals surface area (Å²) in [5, 5.41) is 7.80. The molecule has 0 aromatic heterocycles. The number of urea groups is 1. The van der Waals surface area contributed by atoms with Gasteiger partial charge in [-0.05, 0) is 24.3 Å². The van der Waals surface area contributed by atoms with E-state index in [-0.39, 0.29) is 30.1 Å². The van der Waals surface area contributed by atoms with E-state index in [1.54, 1.807) is 4.90 Å². The first-order valence-electron chi connectivity index (χ1n) is 9.56. The zero-order valence-corrected chi connectivity index (χ0v) is 16.2. The van der Waals surface area contributed by atoms with Crippen LogP contribution >= 0.6 is 0 Å². The summed E-state index contributed by atoms with van der Waals surface area (Å²) < 4.78 is 0. The molecular weight excluding hydrogens is 360 g/mol. The summed E-state index contributed by atoms with van der Waals surface area (Å²) in [6.07, 6.45) is 0.935. The number of imide groups is 1. The van der Waals surface area contributed by atoms with Crippen molar-refractivity contribution in [1.82, 2.24) is 20.9 Å². The molecule has 2 aliphatic heterocycles. The molecule has 0 aliphatic carbocycles. The van der Waals surface area contributed by atoms with Gasteiger partial charge in [-0.3, -0.25) is 19.7 Å². The van der Waals surface area contributed by atoms with Gasteiger partial charge >= 0.3 is 6.03 Å². The van der Waals surface area contributed by atoms with Crippen LogP contribution in [0.4, 0.5) is 4.79 Å². The van der Waals surface area contributed by atoms with Crippen molar-refractivity contribution in [3.05, 3.63) is 35.9 Å². The largest absolute Gasteiger partial charge is 0.344 e. The van der Waals surface area contributed by atoms with Gasteiger partial charge in [0.15, 0.2) is 0 Å². The predicted molar refractivity (Wildman–Crippen MR) is 102 cm³/mol. The van der Waals surface area contributed by atoms with Crippen LogP contribution in [-0.2, 0) is 20.8 Å². The third kappa shape index (κ3) is 4.16. The van der Waals surface area contributed by atoms with Gasteiger partial charge < -0.3 is 15.5 Å². The SMILES string of the molecule is CC(C)C(NC(=O)Cc1ccccc1)C(=O)N1CCC2(CC1)NC(=O)NC2=O. The Bertz CT molecular complexity index is 770. The van der Waals surface area contributed by atoms with Crippen molar-refractivity contribution in [2.75, 3.05) is 13.1 Å². The molecule has 2 fully saturated rings. The van der Waals surface area contributed by atoms with Gasteiger partial charge in [-0.2, -0.15) is 0 Å². The predicted octanol–water partition coefficient (Wildman–Crippen LogP) is 0.571. The van der Waals surface area contributed by atoms with Gasteiger partial charge in [0.1, 0.15) is 11.6 Å². The fourth-order valence-electron chi connectivity index (χ4n) is 3.70. The van der Waals surface area contributed by atoms with Gasteiger partial charge in [0, 0.05) is 13.1 Å². The number of benzene rings is 1. The molecule has 3 rings (SSSR count). The van der Waals surface area contributed by atoms with E-state index in [1.165, 1.54) is 0 Å². The highest BCUT2D eigenvalue weighted by Gasteiger charge is 2.48. The number of carbonyl (C=O) groups excluding carboxylic acids is 4. The molecular formula is C20H26N4O4. The third-order valence-electron chi connectivity index (χ3n) is 5.40. The molecule has 1 aromatic rings. The number of piperidine rings is 1. The van der Waals surface area contributed by atoms with Crippen molar-refractivity contribution >= 4 is 23.8 Å². The fraction of sp³-hybridized carbons (Fsp3) is 0.500. The van der Waals surface area contributed by atoms with Gasteiger partial charge in [-0.25, -0.2) is 4.79 Å². The van der Waals surface area contributed by atoms with Gasteiger partial charge in [0.2, 0.25) is 11.8 Å². The van der Waals surface area contributed by atoms with Crippen LogP contribution in [0.3, 0.4) is 0 Å². The Hall–Kier alpha value is -2.90. The first-order chi connectivity index (χ1) is 13.3. The van der Waals surface area contributed by atoms with E-state index in [4.69, 9.17) is 0 Å². The number of nitrogens with one attached hydrogen (secondary N) is 3. The minimum Gasteiger partial charge on any atom is -0.344 e. The first-order valence-corrected chi connectivity index (χ1v) is 9.56. The number of hydrogen-bond donors (Lipinski definition) is 3. The van der Waals surface area contributed by atoms with Crippen LogP contribution in [0.2, 0.25) is 0 Å². The van der Waals surface area contributed by atoms with Gasteiger partial charge in [-0.15, -0.1) is 0 Å². The Balaban J connectivity index is 1.60. The lowest BCUT2D eigenvalue weighted by Crippen LogP contribution is -2.59. The molecule has 0 bridgehead atoms. The minimum atomic E-state index is -0.919. The number of likely N-dealkylation sites (tertiary alicyclic amines) is 1. The average Bonchev–Trinajstić information content (AvgIpc) is 2.93. The van der Waals surface area contributed by atoms with E-state index < -0.39 is 17.6 Å². The van der Waals surface area contributed by atoms with Crippen molar-refractivity contribution in [2.45, 2.75) is 44.7 Å². The first kappa shape index (κ1) is 19.9. The number of nitrogens with zero attached hydrogens (tertiary/aromatic N) is 1. The fourth-order valence-corrected chi connectivity index (χ4v) is 3.70. The molecule has 1 aromatic carbocycles.